The average Bonchev–Trinajstić information content (AvgIpc) is 3.14. The molecule has 6 nitrogen and oxygen atoms in total. The fourth-order valence-electron chi connectivity index (χ4n) is 3.16. The molecule has 1 aliphatic rings. The number of anilines is 1. The molecule has 0 aromatic heterocycles. The fourth-order valence-corrected chi connectivity index (χ4v) is 3.16. The molecule has 0 spiro atoms. The van der Waals surface area contributed by atoms with Gasteiger partial charge in [0.05, 0.1) is 6.54 Å². The van der Waals surface area contributed by atoms with E-state index in [-0.39, 0.29) is 5.91 Å². The van der Waals surface area contributed by atoms with Crippen LogP contribution in [0, 0.1) is 6.92 Å². The van der Waals surface area contributed by atoms with E-state index in [2.05, 4.69) is 15.6 Å². The summed E-state index contributed by atoms with van der Waals surface area (Å²) in [5, 5.41) is 6.54. The van der Waals surface area contributed by atoms with Crippen molar-refractivity contribution in [3.05, 3.63) is 59.7 Å². The molecule has 0 aliphatic carbocycles. The number of ether oxygens (including phenoxy) is 1. The van der Waals surface area contributed by atoms with Crippen LogP contribution in [0.5, 0.6) is 5.75 Å². The predicted octanol–water partition coefficient (Wildman–Crippen LogP) is 2.87. The Labute approximate surface area is 166 Å². The van der Waals surface area contributed by atoms with Gasteiger partial charge in [0.25, 0.3) is 0 Å². The van der Waals surface area contributed by atoms with Crippen LogP contribution in [0.15, 0.2) is 53.5 Å². The maximum Gasteiger partial charge on any atom is 0.227 e. The molecule has 2 aromatic carbocycles. The lowest BCUT2D eigenvalue weighted by atomic mass is 10.2. The number of benzene rings is 2. The van der Waals surface area contributed by atoms with Gasteiger partial charge in [-0.2, -0.15) is 0 Å². The Morgan fingerprint density at radius 2 is 2.00 bits per heavy atom. The van der Waals surface area contributed by atoms with Crippen LogP contribution in [-0.4, -0.2) is 38.6 Å². The molecule has 2 aromatic rings. The molecule has 1 heterocycles. The first-order valence-corrected chi connectivity index (χ1v) is 9.69. The molecule has 6 heteroatoms. The summed E-state index contributed by atoms with van der Waals surface area (Å²) in [6.07, 6.45) is 1.59. The van der Waals surface area contributed by atoms with Gasteiger partial charge < -0.3 is 20.3 Å². The minimum Gasteiger partial charge on any atom is -0.492 e. The van der Waals surface area contributed by atoms with Crippen LogP contribution in [0.4, 0.5) is 5.69 Å². The normalized spacial score (nSPS) is 14.3. The number of rotatable bonds is 7. The van der Waals surface area contributed by atoms with Gasteiger partial charge in [-0.3, -0.25) is 9.79 Å². The van der Waals surface area contributed by atoms with E-state index in [9.17, 15) is 4.79 Å². The predicted molar refractivity (Wildman–Crippen MR) is 113 cm³/mol. The second-order valence-corrected chi connectivity index (χ2v) is 6.83. The number of aliphatic imine (C=N–C) groups is 1. The number of hydrogen-bond donors (Lipinski definition) is 2. The smallest absolute Gasteiger partial charge is 0.227 e. The highest BCUT2D eigenvalue weighted by molar-refractivity contribution is 5.95. The van der Waals surface area contributed by atoms with Crippen LogP contribution in [0.3, 0.4) is 0 Å². The molecule has 0 bridgehead atoms. The Hall–Kier alpha value is -3.02. The Bertz CT molecular complexity index is 818. The number of guanidine groups is 1. The maximum absolute atomic E-state index is 11.8. The quantitative estimate of drug-likeness (QED) is 0.440. The lowest BCUT2D eigenvalue weighted by molar-refractivity contribution is -0.117. The first-order chi connectivity index (χ1) is 13.7. The molecule has 0 radical (unpaired) electrons. The zero-order valence-electron chi connectivity index (χ0n) is 16.6. The van der Waals surface area contributed by atoms with Crippen molar-refractivity contribution in [2.45, 2.75) is 26.3 Å². The highest BCUT2D eigenvalue weighted by atomic mass is 16.5. The van der Waals surface area contributed by atoms with Gasteiger partial charge in [-0.05, 0) is 48.7 Å². The summed E-state index contributed by atoms with van der Waals surface area (Å²) < 4.78 is 5.74. The topological polar surface area (TPSA) is 66.0 Å². The number of hydrogen-bond acceptors (Lipinski definition) is 3. The van der Waals surface area contributed by atoms with Crippen molar-refractivity contribution < 1.29 is 9.53 Å². The summed E-state index contributed by atoms with van der Waals surface area (Å²) in [6.45, 7) is 4.74. The highest BCUT2D eigenvalue weighted by Crippen LogP contribution is 2.21. The lowest BCUT2D eigenvalue weighted by Gasteiger charge is -2.16. The van der Waals surface area contributed by atoms with Crippen LogP contribution in [0.2, 0.25) is 0 Å². The molecule has 148 valence electrons. The Balaban J connectivity index is 1.40. The third-order valence-corrected chi connectivity index (χ3v) is 4.66. The first-order valence-electron chi connectivity index (χ1n) is 9.69. The molecule has 1 fully saturated rings. The van der Waals surface area contributed by atoms with Gasteiger partial charge in [0.2, 0.25) is 5.91 Å². The lowest BCUT2D eigenvalue weighted by Crippen LogP contribution is -2.38. The standard InChI is InChI=1S/C22H28N4O2/c1-17-5-3-6-20(15-17)28-14-12-24-22(23-2)25-16-18-8-10-19(11-9-18)26-13-4-7-21(26)27/h3,5-6,8-11,15H,4,7,12-14,16H2,1-2H3,(H2,23,24,25). The van der Waals surface area contributed by atoms with Crippen molar-refractivity contribution in [1.82, 2.24) is 10.6 Å². The molecule has 0 atom stereocenters. The SMILES string of the molecule is CN=C(NCCOc1cccc(C)c1)NCc1ccc(N2CCCC2=O)cc1. The second-order valence-electron chi connectivity index (χ2n) is 6.83. The van der Waals surface area contributed by atoms with Crippen LogP contribution in [0.25, 0.3) is 0 Å². The summed E-state index contributed by atoms with van der Waals surface area (Å²) in [5.74, 6) is 1.82. The summed E-state index contributed by atoms with van der Waals surface area (Å²) >= 11 is 0. The van der Waals surface area contributed by atoms with Crippen molar-refractivity contribution in [1.29, 1.82) is 0 Å². The fraction of sp³-hybridized carbons (Fsp3) is 0.364. The molecular weight excluding hydrogens is 352 g/mol. The summed E-state index contributed by atoms with van der Waals surface area (Å²) in [6, 6.07) is 16.1. The van der Waals surface area contributed by atoms with Gasteiger partial charge in [0.15, 0.2) is 5.96 Å². The molecule has 0 saturated carbocycles. The molecular formula is C22H28N4O2. The Morgan fingerprint density at radius 1 is 1.18 bits per heavy atom. The molecule has 2 N–H and O–H groups in total. The van der Waals surface area contributed by atoms with Crippen molar-refractivity contribution in [3.8, 4) is 5.75 Å². The van der Waals surface area contributed by atoms with E-state index < -0.39 is 0 Å². The van der Waals surface area contributed by atoms with Crippen LogP contribution in [-0.2, 0) is 11.3 Å². The van der Waals surface area contributed by atoms with E-state index in [1.807, 2.05) is 60.4 Å². The number of nitrogens with zero attached hydrogens (tertiary/aromatic N) is 2. The van der Waals surface area contributed by atoms with Gasteiger partial charge in [-0.15, -0.1) is 0 Å². The number of carbonyl (C=O) groups is 1. The van der Waals surface area contributed by atoms with Crippen molar-refractivity contribution in [2.75, 3.05) is 31.6 Å². The minimum atomic E-state index is 0.211. The second kappa shape index (κ2) is 9.78. The van der Waals surface area contributed by atoms with Gasteiger partial charge in [0, 0.05) is 32.2 Å². The van der Waals surface area contributed by atoms with E-state index in [0.29, 0.717) is 26.1 Å². The third-order valence-electron chi connectivity index (χ3n) is 4.66. The van der Waals surface area contributed by atoms with Crippen molar-refractivity contribution in [3.63, 3.8) is 0 Å². The highest BCUT2D eigenvalue weighted by Gasteiger charge is 2.21. The van der Waals surface area contributed by atoms with Crippen LogP contribution >= 0.6 is 0 Å². The van der Waals surface area contributed by atoms with Gasteiger partial charge in [-0.1, -0.05) is 24.3 Å². The zero-order valence-corrected chi connectivity index (χ0v) is 16.6. The zero-order chi connectivity index (χ0) is 19.8. The van der Waals surface area contributed by atoms with Gasteiger partial charge >= 0.3 is 0 Å². The van der Waals surface area contributed by atoms with E-state index in [4.69, 9.17) is 4.74 Å². The molecule has 1 aliphatic heterocycles. The van der Waals surface area contributed by atoms with E-state index in [1.165, 1.54) is 5.56 Å². The Kier molecular flexibility index (Phi) is 6.89. The van der Waals surface area contributed by atoms with Gasteiger partial charge in [-0.25, -0.2) is 0 Å². The maximum atomic E-state index is 11.8. The van der Waals surface area contributed by atoms with Gasteiger partial charge in [0.1, 0.15) is 12.4 Å². The Morgan fingerprint density at radius 3 is 2.68 bits per heavy atom. The molecule has 1 amide bonds. The first kappa shape index (κ1) is 19.7. The largest absolute Gasteiger partial charge is 0.492 e. The monoisotopic (exact) mass is 380 g/mol. The van der Waals surface area contributed by atoms with Crippen molar-refractivity contribution in [2.24, 2.45) is 4.99 Å². The number of amides is 1. The van der Waals surface area contributed by atoms with Crippen LogP contribution in [0.1, 0.15) is 24.0 Å². The van der Waals surface area contributed by atoms with Crippen molar-refractivity contribution >= 4 is 17.6 Å². The number of carbonyl (C=O) groups excluding carboxylic acids is 1. The third kappa shape index (κ3) is 5.49. The molecule has 0 unspecified atom stereocenters. The molecule has 3 rings (SSSR count). The average molecular weight is 380 g/mol. The van der Waals surface area contributed by atoms with Crippen LogP contribution < -0.4 is 20.3 Å². The van der Waals surface area contributed by atoms with E-state index in [0.717, 1.165) is 35.9 Å². The number of nitrogens with one attached hydrogen (secondary N) is 2. The summed E-state index contributed by atoms with van der Waals surface area (Å²) in [5.41, 5.74) is 3.29. The van der Waals surface area contributed by atoms with E-state index >= 15 is 0 Å². The summed E-state index contributed by atoms with van der Waals surface area (Å²) in [7, 11) is 1.75. The number of aryl methyl sites for hydroxylation is 1. The minimum absolute atomic E-state index is 0.211. The molecule has 28 heavy (non-hydrogen) atoms. The molecule has 1 saturated heterocycles. The van der Waals surface area contributed by atoms with E-state index in [1.54, 1.807) is 7.05 Å². The summed E-state index contributed by atoms with van der Waals surface area (Å²) in [4.78, 5) is 17.9.